The average Bonchev–Trinajstić information content (AvgIpc) is 3.16. The summed E-state index contributed by atoms with van der Waals surface area (Å²) in [7, 11) is 0. The van der Waals surface area contributed by atoms with Gasteiger partial charge in [-0.3, -0.25) is 4.79 Å². The summed E-state index contributed by atoms with van der Waals surface area (Å²) in [6, 6.07) is 14.4. The standard InChI is InChI=1S/C24H28N2O4/c1-18(28)26-14-11-22-17-21(8-9-23(22)26)20-7-5-6-19(16-20)10-13-25(24(29)30)12-3-2-4-15-27/h5-9,15-17H,2-4,10-14H2,1H3,(H,29,30). The van der Waals surface area contributed by atoms with Crippen LogP contribution in [0, 0.1) is 0 Å². The van der Waals surface area contributed by atoms with E-state index in [4.69, 9.17) is 0 Å². The minimum atomic E-state index is -0.925. The Morgan fingerprint density at radius 2 is 1.90 bits per heavy atom. The van der Waals surface area contributed by atoms with Crippen LogP contribution < -0.4 is 4.90 Å². The Labute approximate surface area is 177 Å². The Balaban J connectivity index is 1.67. The normalized spacial score (nSPS) is 12.5. The number of benzene rings is 2. The zero-order valence-corrected chi connectivity index (χ0v) is 17.3. The molecular formula is C24H28N2O4. The second-order valence-electron chi connectivity index (χ2n) is 7.65. The Hall–Kier alpha value is -3.15. The van der Waals surface area contributed by atoms with Gasteiger partial charge in [-0.2, -0.15) is 0 Å². The topological polar surface area (TPSA) is 77.9 Å². The molecule has 3 rings (SSSR count). The number of amides is 2. The Morgan fingerprint density at radius 1 is 1.10 bits per heavy atom. The van der Waals surface area contributed by atoms with E-state index >= 15 is 0 Å². The minimum absolute atomic E-state index is 0.0673. The van der Waals surface area contributed by atoms with E-state index in [0.29, 0.717) is 38.8 Å². The fraction of sp³-hybridized carbons (Fsp3) is 0.375. The summed E-state index contributed by atoms with van der Waals surface area (Å²) in [6.45, 7) is 3.19. The number of carbonyl (C=O) groups is 3. The van der Waals surface area contributed by atoms with E-state index in [2.05, 4.69) is 18.2 Å². The maximum Gasteiger partial charge on any atom is 0.407 e. The highest BCUT2D eigenvalue weighted by atomic mass is 16.4. The van der Waals surface area contributed by atoms with Crippen molar-refractivity contribution in [3.8, 4) is 11.1 Å². The number of carboxylic acid groups (broad SMARTS) is 1. The third-order valence-corrected chi connectivity index (χ3v) is 5.56. The summed E-state index contributed by atoms with van der Waals surface area (Å²) in [5, 5.41) is 9.42. The molecule has 1 N–H and O–H groups in total. The second kappa shape index (κ2) is 10.1. The highest BCUT2D eigenvalue weighted by Crippen LogP contribution is 2.32. The van der Waals surface area contributed by atoms with Crippen molar-refractivity contribution in [3.05, 3.63) is 53.6 Å². The molecule has 1 aliphatic heterocycles. The lowest BCUT2D eigenvalue weighted by Gasteiger charge is -2.19. The zero-order valence-electron chi connectivity index (χ0n) is 17.3. The molecule has 2 aromatic rings. The predicted molar refractivity (Wildman–Crippen MR) is 117 cm³/mol. The third-order valence-electron chi connectivity index (χ3n) is 5.56. The molecule has 0 aromatic heterocycles. The van der Waals surface area contributed by atoms with Crippen LogP contribution in [0.25, 0.3) is 11.1 Å². The molecule has 0 atom stereocenters. The molecule has 0 bridgehead atoms. The SMILES string of the molecule is CC(=O)N1CCc2cc(-c3cccc(CCN(CCCCC=O)C(=O)O)c3)ccc21. The molecule has 0 unspecified atom stereocenters. The fourth-order valence-corrected chi connectivity index (χ4v) is 3.91. The summed E-state index contributed by atoms with van der Waals surface area (Å²) < 4.78 is 0. The lowest BCUT2D eigenvalue weighted by molar-refractivity contribution is -0.116. The van der Waals surface area contributed by atoms with E-state index in [0.717, 1.165) is 41.6 Å². The maximum atomic E-state index is 11.7. The van der Waals surface area contributed by atoms with Gasteiger partial charge in [0.25, 0.3) is 0 Å². The summed E-state index contributed by atoms with van der Waals surface area (Å²) >= 11 is 0. The molecule has 0 aliphatic carbocycles. The number of unbranched alkanes of at least 4 members (excludes halogenated alkanes) is 2. The van der Waals surface area contributed by atoms with Gasteiger partial charge in [-0.05, 0) is 60.1 Å². The summed E-state index contributed by atoms with van der Waals surface area (Å²) in [5.74, 6) is 0.0673. The van der Waals surface area contributed by atoms with Gasteiger partial charge >= 0.3 is 6.09 Å². The van der Waals surface area contributed by atoms with E-state index in [-0.39, 0.29) is 5.91 Å². The molecule has 1 heterocycles. The third kappa shape index (κ3) is 5.26. The van der Waals surface area contributed by atoms with Crippen LogP contribution in [-0.4, -0.2) is 47.9 Å². The maximum absolute atomic E-state index is 11.7. The Morgan fingerprint density at radius 3 is 2.63 bits per heavy atom. The molecule has 0 saturated heterocycles. The van der Waals surface area contributed by atoms with Crippen LogP contribution in [-0.2, 0) is 22.4 Å². The smallest absolute Gasteiger partial charge is 0.407 e. The number of carbonyl (C=O) groups excluding carboxylic acids is 2. The van der Waals surface area contributed by atoms with Crippen molar-refractivity contribution in [1.82, 2.24) is 4.90 Å². The van der Waals surface area contributed by atoms with E-state index in [1.54, 1.807) is 6.92 Å². The van der Waals surface area contributed by atoms with Crippen molar-refractivity contribution in [2.24, 2.45) is 0 Å². The number of hydrogen-bond acceptors (Lipinski definition) is 3. The molecule has 158 valence electrons. The van der Waals surface area contributed by atoms with E-state index < -0.39 is 6.09 Å². The highest BCUT2D eigenvalue weighted by molar-refractivity contribution is 5.94. The molecule has 6 nitrogen and oxygen atoms in total. The van der Waals surface area contributed by atoms with Gasteiger partial charge in [0.05, 0.1) is 0 Å². The van der Waals surface area contributed by atoms with E-state index in [1.165, 1.54) is 10.5 Å². The summed E-state index contributed by atoms with van der Waals surface area (Å²) in [4.78, 5) is 36.9. The van der Waals surface area contributed by atoms with Crippen molar-refractivity contribution in [2.75, 3.05) is 24.5 Å². The number of rotatable bonds is 9. The van der Waals surface area contributed by atoms with Crippen molar-refractivity contribution < 1.29 is 19.5 Å². The van der Waals surface area contributed by atoms with Crippen LogP contribution in [0.3, 0.4) is 0 Å². The van der Waals surface area contributed by atoms with Crippen LogP contribution in [0.2, 0.25) is 0 Å². The lowest BCUT2D eigenvalue weighted by Crippen LogP contribution is -2.32. The monoisotopic (exact) mass is 408 g/mol. The first-order chi connectivity index (χ1) is 14.5. The average molecular weight is 408 g/mol. The van der Waals surface area contributed by atoms with Gasteiger partial charge in [-0.25, -0.2) is 4.79 Å². The van der Waals surface area contributed by atoms with E-state index in [1.807, 2.05) is 29.2 Å². The largest absolute Gasteiger partial charge is 0.465 e. The molecule has 2 amide bonds. The van der Waals surface area contributed by atoms with Crippen LogP contribution in [0.4, 0.5) is 10.5 Å². The molecule has 0 spiro atoms. The van der Waals surface area contributed by atoms with Crippen molar-refractivity contribution in [1.29, 1.82) is 0 Å². The van der Waals surface area contributed by atoms with Gasteiger partial charge in [0, 0.05) is 38.7 Å². The quantitative estimate of drug-likeness (QED) is 0.499. The minimum Gasteiger partial charge on any atom is -0.465 e. The van der Waals surface area contributed by atoms with E-state index in [9.17, 15) is 19.5 Å². The van der Waals surface area contributed by atoms with Crippen LogP contribution >= 0.6 is 0 Å². The Kier molecular flexibility index (Phi) is 7.22. The van der Waals surface area contributed by atoms with Gasteiger partial charge < -0.3 is 19.7 Å². The van der Waals surface area contributed by atoms with Gasteiger partial charge in [-0.15, -0.1) is 0 Å². The molecule has 2 aromatic carbocycles. The second-order valence-corrected chi connectivity index (χ2v) is 7.65. The molecule has 6 heteroatoms. The Bertz CT molecular complexity index is 925. The molecule has 0 fully saturated rings. The van der Waals surface area contributed by atoms with Gasteiger partial charge in [0.2, 0.25) is 5.91 Å². The predicted octanol–water partition coefficient (Wildman–Crippen LogP) is 4.15. The van der Waals surface area contributed by atoms with Crippen molar-refractivity contribution in [2.45, 2.75) is 39.0 Å². The first-order valence-corrected chi connectivity index (χ1v) is 10.4. The number of fused-ring (bicyclic) bond motifs is 1. The summed E-state index contributed by atoms with van der Waals surface area (Å²) in [6.07, 6.45) is 3.32. The van der Waals surface area contributed by atoms with Gasteiger partial charge in [0.1, 0.15) is 6.29 Å². The fourth-order valence-electron chi connectivity index (χ4n) is 3.91. The molecule has 0 saturated carbocycles. The number of anilines is 1. The molecule has 0 radical (unpaired) electrons. The molecule has 1 aliphatic rings. The number of aldehydes is 1. The van der Waals surface area contributed by atoms with Crippen LogP contribution in [0.1, 0.15) is 37.3 Å². The number of hydrogen-bond donors (Lipinski definition) is 1. The molecule has 30 heavy (non-hydrogen) atoms. The van der Waals surface area contributed by atoms with Crippen LogP contribution in [0.15, 0.2) is 42.5 Å². The van der Waals surface area contributed by atoms with Crippen LogP contribution in [0.5, 0.6) is 0 Å². The first-order valence-electron chi connectivity index (χ1n) is 10.4. The van der Waals surface area contributed by atoms with Gasteiger partial charge in [0.15, 0.2) is 0 Å². The highest BCUT2D eigenvalue weighted by Gasteiger charge is 2.22. The van der Waals surface area contributed by atoms with Crippen molar-refractivity contribution >= 4 is 24.0 Å². The lowest BCUT2D eigenvalue weighted by atomic mass is 9.99. The zero-order chi connectivity index (χ0) is 21.5. The number of nitrogens with zero attached hydrogens (tertiary/aromatic N) is 2. The molecular weight excluding hydrogens is 380 g/mol. The van der Waals surface area contributed by atoms with Crippen molar-refractivity contribution in [3.63, 3.8) is 0 Å². The summed E-state index contributed by atoms with van der Waals surface area (Å²) in [5.41, 5.74) is 5.45. The first kappa shape index (κ1) is 21.6. The van der Waals surface area contributed by atoms with Gasteiger partial charge in [-0.1, -0.05) is 30.3 Å².